The number of alkyl halides is 3. The lowest BCUT2D eigenvalue weighted by molar-refractivity contribution is -0.137. The molecule has 1 aromatic heterocycles. The molecule has 2 bridgehead atoms. The van der Waals surface area contributed by atoms with E-state index in [-0.39, 0.29) is 50.2 Å². The zero-order chi connectivity index (χ0) is 27.2. The molecule has 0 fully saturated rings. The molecule has 13 heteroatoms. The van der Waals surface area contributed by atoms with Crippen LogP contribution in [0.25, 0.3) is 0 Å². The van der Waals surface area contributed by atoms with E-state index in [1.807, 2.05) is 6.92 Å². The van der Waals surface area contributed by atoms with E-state index in [2.05, 4.69) is 15.6 Å². The molecule has 0 unspecified atom stereocenters. The molecule has 0 saturated carbocycles. The summed E-state index contributed by atoms with van der Waals surface area (Å²) in [7, 11) is 1.46. The fourth-order valence-electron chi connectivity index (χ4n) is 4.10. The number of aryl methyl sites for hydroxylation is 1. The smallest absolute Gasteiger partial charge is 0.394 e. The Hall–Kier alpha value is -3.19. The van der Waals surface area contributed by atoms with Crippen molar-refractivity contribution in [2.75, 3.05) is 32.1 Å². The van der Waals surface area contributed by atoms with E-state index < -0.39 is 29.9 Å². The maximum Gasteiger partial charge on any atom is 0.418 e. The summed E-state index contributed by atoms with van der Waals surface area (Å²) in [5.41, 5.74) is -0.714. The second-order valence-electron chi connectivity index (χ2n) is 9.33. The number of urea groups is 1. The number of amides is 3. The Labute approximate surface area is 213 Å². The number of nitrogens with zero attached hydrogens (tertiary/aromatic N) is 5. The van der Waals surface area contributed by atoms with Crippen molar-refractivity contribution in [2.45, 2.75) is 58.2 Å². The number of ether oxygens (including phenoxy) is 1. The van der Waals surface area contributed by atoms with Gasteiger partial charge in [-0.1, -0.05) is 24.3 Å². The summed E-state index contributed by atoms with van der Waals surface area (Å²) < 4.78 is 47.8. The molecule has 3 rings (SSSR count). The van der Waals surface area contributed by atoms with Crippen molar-refractivity contribution in [3.05, 3.63) is 41.7 Å². The number of anilines is 1. The first-order chi connectivity index (χ1) is 17.5. The normalized spacial score (nSPS) is 20.4. The molecule has 1 aromatic carbocycles. The maximum absolute atomic E-state index is 13.3. The van der Waals surface area contributed by atoms with Crippen molar-refractivity contribution in [1.82, 2.24) is 24.8 Å². The minimum absolute atomic E-state index is 0.0326. The van der Waals surface area contributed by atoms with Crippen molar-refractivity contribution < 1.29 is 32.6 Å². The highest BCUT2D eigenvalue weighted by Gasteiger charge is 2.34. The molecule has 2 heterocycles. The van der Waals surface area contributed by atoms with Crippen LogP contribution in [0.15, 0.2) is 30.5 Å². The predicted molar refractivity (Wildman–Crippen MR) is 128 cm³/mol. The molecule has 0 radical (unpaired) electrons. The summed E-state index contributed by atoms with van der Waals surface area (Å²) >= 11 is 0. The van der Waals surface area contributed by atoms with Gasteiger partial charge in [0.2, 0.25) is 5.91 Å². The first-order valence-corrected chi connectivity index (χ1v) is 12.1. The highest BCUT2D eigenvalue weighted by molar-refractivity contribution is 5.90. The minimum atomic E-state index is -4.62. The third kappa shape index (κ3) is 7.65. The van der Waals surface area contributed by atoms with E-state index in [0.717, 1.165) is 6.07 Å². The molecule has 0 spiro atoms. The lowest BCUT2D eigenvalue weighted by Crippen LogP contribution is -2.48. The van der Waals surface area contributed by atoms with Crippen LogP contribution in [0.1, 0.15) is 37.9 Å². The minimum Gasteiger partial charge on any atom is -0.394 e. The Balaban J connectivity index is 1.78. The van der Waals surface area contributed by atoms with Gasteiger partial charge in [0.1, 0.15) is 5.69 Å². The summed E-state index contributed by atoms with van der Waals surface area (Å²) in [5.74, 6) is -0.409. The molecule has 204 valence electrons. The van der Waals surface area contributed by atoms with Crippen LogP contribution in [0.2, 0.25) is 0 Å². The van der Waals surface area contributed by atoms with Crippen LogP contribution in [-0.2, 0) is 28.9 Å². The average molecular weight is 527 g/mol. The Morgan fingerprint density at radius 2 is 2.08 bits per heavy atom. The van der Waals surface area contributed by atoms with E-state index in [1.54, 1.807) is 22.7 Å². The van der Waals surface area contributed by atoms with E-state index >= 15 is 0 Å². The van der Waals surface area contributed by atoms with Gasteiger partial charge in [0, 0.05) is 39.0 Å². The average Bonchev–Trinajstić information content (AvgIpc) is 3.31. The number of fused-ring (bicyclic) bond motifs is 2. The van der Waals surface area contributed by atoms with Gasteiger partial charge in [-0.2, -0.15) is 13.2 Å². The van der Waals surface area contributed by atoms with Gasteiger partial charge in [-0.05, 0) is 25.5 Å². The number of hydrogen-bond acceptors (Lipinski definition) is 6. The number of carbonyl (C=O) groups excluding carboxylic acids is 2. The summed E-state index contributed by atoms with van der Waals surface area (Å²) in [6.45, 7) is 4.30. The van der Waals surface area contributed by atoms with Gasteiger partial charge >= 0.3 is 12.2 Å². The Bertz CT molecular complexity index is 1060. The fourth-order valence-corrected chi connectivity index (χ4v) is 4.10. The lowest BCUT2D eigenvalue weighted by atomic mass is 10.0. The number of carbonyl (C=O) groups is 2. The standard InChI is InChI=1S/C24H33F3N6O4/c1-16-11-33(17(2)14-34)22(35)9-6-10-32-12-18(29-30-32)15-37-21(16)13-31(3)23(36)28-20-8-5-4-7-19(20)24(25,26)27/h4-5,7-8,12,16-17,21,34H,6,9-11,13-15H2,1-3H3,(H,28,36)/t16-,17+,21-/m1/s1. The van der Waals surface area contributed by atoms with Crippen LogP contribution in [-0.4, -0.2) is 80.7 Å². The molecule has 3 amide bonds. The quantitative estimate of drug-likeness (QED) is 0.620. The Morgan fingerprint density at radius 3 is 2.78 bits per heavy atom. The first-order valence-electron chi connectivity index (χ1n) is 12.1. The summed E-state index contributed by atoms with van der Waals surface area (Å²) in [4.78, 5) is 28.6. The Morgan fingerprint density at radius 1 is 1.35 bits per heavy atom. The molecular formula is C24H33F3N6O4. The number of rotatable bonds is 5. The van der Waals surface area contributed by atoms with Gasteiger partial charge in [0.15, 0.2) is 0 Å². The predicted octanol–water partition coefficient (Wildman–Crippen LogP) is 2.99. The maximum atomic E-state index is 13.3. The van der Waals surface area contributed by atoms with Crippen molar-refractivity contribution in [2.24, 2.45) is 5.92 Å². The number of halogens is 3. The summed E-state index contributed by atoms with van der Waals surface area (Å²) in [6, 6.07) is 3.59. The number of para-hydroxylation sites is 1. The monoisotopic (exact) mass is 526 g/mol. The number of nitrogens with one attached hydrogen (secondary N) is 1. The van der Waals surface area contributed by atoms with Gasteiger partial charge in [-0.15, -0.1) is 5.10 Å². The van der Waals surface area contributed by atoms with E-state index in [4.69, 9.17) is 4.74 Å². The van der Waals surface area contributed by atoms with Crippen LogP contribution in [0.3, 0.4) is 0 Å². The van der Waals surface area contributed by atoms with Gasteiger partial charge in [0.05, 0.1) is 42.8 Å². The van der Waals surface area contributed by atoms with Crippen molar-refractivity contribution in [3.8, 4) is 0 Å². The topological polar surface area (TPSA) is 113 Å². The Kier molecular flexibility index (Phi) is 9.49. The second kappa shape index (κ2) is 12.4. The van der Waals surface area contributed by atoms with E-state index in [9.17, 15) is 27.9 Å². The van der Waals surface area contributed by atoms with Crippen molar-refractivity contribution in [3.63, 3.8) is 0 Å². The SMILES string of the molecule is C[C@@H]1CN([C@@H](C)CO)C(=O)CCCn2cc(nn2)CO[C@@H]1CN(C)C(=O)Nc1ccccc1C(F)(F)F. The number of aromatic nitrogens is 3. The lowest BCUT2D eigenvalue weighted by Gasteiger charge is -2.35. The molecule has 2 aromatic rings. The molecule has 1 aliphatic heterocycles. The second-order valence-corrected chi connectivity index (χ2v) is 9.33. The highest BCUT2D eigenvalue weighted by Crippen LogP contribution is 2.34. The first kappa shape index (κ1) is 28.4. The van der Waals surface area contributed by atoms with Gasteiger partial charge in [0.25, 0.3) is 0 Å². The number of aliphatic hydroxyl groups excluding tert-OH is 1. The number of likely N-dealkylation sites (N-methyl/N-ethyl adjacent to an activating group) is 1. The van der Waals surface area contributed by atoms with E-state index in [0.29, 0.717) is 18.7 Å². The van der Waals surface area contributed by atoms with Crippen LogP contribution >= 0.6 is 0 Å². The van der Waals surface area contributed by atoms with E-state index in [1.165, 1.54) is 30.1 Å². The van der Waals surface area contributed by atoms with Crippen LogP contribution in [0.5, 0.6) is 0 Å². The van der Waals surface area contributed by atoms with Gasteiger partial charge in [-0.25, -0.2) is 4.79 Å². The number of benzene rings is 1. The van der Waals surface area contributed by atoms with Crippen LogP contribution in [0.4, 0.5) is 23.7 Å². The molecule has 0 aliphatic carbocycles. The van der Waals surface area contributed by atoms with Crippen LogP contribution < -0.4 is 5.32 Å². The zero-order valence-corrected chi connectivity index (χ0v) is 21.1. The molecular weight excluding hydrogens is 493 g/mol. The summed E-state index contributed by atoms with van der Waals surface area (Å²) in [5, 5.41) is 20.2. The fraction of sp³-hybridized carbons (Fsp3) is 0.583. The molecule has 0 saturated heterocycles. The molecule has 10 nitrogen and oxygen atoms in total. The molecule has 1 aliphatic rings. The number of aliphatic hydroxyl groups is 1. The highest BCUT2D eigenvalue weighted by atomic mass is 19.4. The van der Waals surface area contributed by atoms with Crippen molar-refractivity contribution >= 4 is 17.6 Å². The third-order valence-electron chi connectivity index (χ3n) is 6.32. The molecule has 2 N–H and O–H groups in total. The molecule has 37 heavy (non-hydrogen) atoms. The molecule has 3 atom stereocenters. The van der Waals surface area contributed by atoms with Gasteiger partial charge in [-0.3, -0.25) is 9.48 Å². The third-order valence-corrected chi connectivity index (χ3v) is 6.32. The number of hydrogen-bond donors (Lipinski definition) is 2. The zero-order valence-electron chi connectivity index (χ0n) is 21.1. The van der Waals surface area contributed by atoms with Crippen molar-refractivity contribution in [1.29, 1.82) is 0 Å². The summed E-state index contributed by atoms with van der Waals surface area (Å²) in [6.07, 6.45) is -2.68. The van der Waals surface area contributed by atoms with Crippen LogP contribution in [0, 0.1) is 5.92 Å². The largest absolute Gasteiger partial charge is 0.418 e. The van der Waals surface area contributed by atoms with Gasteiger partial charge < -0.3 is 25.0 Å².